The van der Waals surface area contributed by atoms with Crippen LogP contribution in [0.5, 0.6) is 11.5 Å². The van der Waals surface area contributed by atoms with Crippen molar-refractivity contribution < 1.29 is 24.7 Å². The summed E-state index contributed by atoms with van der Waals surface area (Å²) in [6, 6.07) is 12.6. The lowest BCUT2D eigenvalue weighted by atomic mass is 9.83. The highest BCUT2D eigenvalue weighted by molar-refractivity contribution is 6.30. The molecule has 3 aromatic carbocycles. The number of non-ortho nitro benzene ring substituents is 1. The van der Waals surface area contributed by atoms with Crippen molar-refractivity contribution in [2.45, 2.75) is 0 Å². The third-order valence-electron chi connectivity index (χ3n) is 4.47. The number of anilines is 2. The second-order valence-electron chi connectivity index (χ2n) is 6.20. The van der Waals surface area contributed by atoms with Crippen LogP contribution in [0.25, 0.3) is 0 Å². The molecule has 0 fully saturated rings. The molecule has 1 aliphatic rings. The number of phenols is 2. The van der Waals surface area contributed by atoms with E-state index < -0.39 is 22.2 Å². The molecule has 0 unspecified atom stereocenters. The monoisotopic (exact) mass is 376 g/mol. The SMILES string of the molecule is O=C1c2ccc(Nc3cccc([N+](=O)[O-])c3)cc2C(=O)c2c(O)ccc(O)c21. The van der Waals surface area contributed by atoms with Crippen molar-refractivity contribution in [3.05, 3.63) is 87.0 Å². The number of carbonyl (C=O) groups is 2. The molecule has 8 nitrogen and oxygen atoms in total. The van der Waals surface area contributed by atoms with Gasteiger partial charge in [-0.05, 0) is 36.4 Å². The van der Waals surface area contributed by atoms with Gasteiger partial charge in [0.1, 0.15) is 11.5 Å². The van der Waals surface area contributed by atoms with E-state index in [0.29, 0.717) is 11.4 Å². The fourth-order valence-electron chi connectivity index (χ4n) is 3.18. The van der Waals surface area contributed by atoms with Gasteiger partial charge in [-0.3, -0.25) is 19.7 Å². The van der Waals surface area contributed by atoms with E-state index >= 15 is 0 Å². The number of hydrogen-bond acceptors (Lipinski definition) is 7. The number of benzene rings is 3. The van der Waals surface area contributed by atoms with Gasteiger partial charge in [0.05, 0.1) is 16.1 Å². The van der Waals surface area contributed by atoms with E-state index in [9.17, 15) is 29.9 Å². The molecule has 3 N–H and O–H groups in total. The van der Waals surface area contributed by atoms with Crippen LogP contribution in [0, 0.1) is 10.1 Å². The molecule has 0 aliphatic heterocycles. The zero-order chi connectivity index (χ0) is 20.0. The normalized spacial score (nSPS) is 12.3. The first-order valence-corrected chi connectivity index (χ1v) is 8.16. The molecule has 28 heavy (non-hydrogen) atoms. The Morgan fingerprint density at radius 1 is 0.786 bits per heavy atom. The van der Waals surface area contributed by atoms with E-state index in [1.807, 2.05) is 0 Å². The molecule has 0 aromatic heterocycles. The van der Waals surface area contributed by atoms with E-state index in [2.05, 4.69) is 5.32 Å². The van der Waals surface area contributed by atoms with Crippen LogP contribution in [0.15, 0.2) is 54.6 Å². The van der Waals surface area contributed by atoms with Crippen LogP contribution < -0.4 is 5.32 Å². The van der Waals surface area contributed by atoms with E-state index in [1.54, 1.807) is 12.1 Å². The van der Waals surface area contributed by atoms with Gasteiger partial charge < -0.3 is 15.5 Å². The minimum Gasteiger partial charge on any atom is -0.507 e. The summed E-state index contributed by atoms with van der Waals surface area (Å²) in [6.07, 6.45) is 0. The van der Waals surface area contributed by atoms with E-state index in [4.69, 9.17) is 0 Å². The number of nitrogens with one attached hydrogen (secondary N) is 1. The molecule has 0 radical (unpaired) electrons. The van der Waals surface area contributed by atoms with Crippen molar-refractivity contribution in [3.8, 4) is 11.5 Å². The van der Waals surface area contributed by atoms with Gasteiger partial charge in [-0.15, -0.1) is 0 Å². The second kappa shape index (κ2) is 6.20. The Morgan fingerprint density at radius 2 is 1.39 bits per heavy atom. The van der Waals surface area contributed by atoms with Crippen molar-refractivity contribution in [2.75, 3.05) is 5.32 Å². The maximum absolute atomic E-state index is 12.8. The molecule has 3 aromatic rings. The molecule has 0 saturated heterocycles. The van der Waals surface area contributed by atoms with Crippen LogP contribution in [-0.4, -0.2) is 26.7 Å². The van der Waals surface area contributed by atoms with Crippen molar-refractivity contribution in [3.63, 3.8) is 0 Å². The quantitative estimate of drug-likeness (QED) is 0.283. The summed E-state index contributed by atoms with van der Waals surface area (Å²) in [7, 11) is 0. The highest BCUT2D eigenvalue weighted by Crippen LogP contribution is 2.38. The van der Waals surface area contributed by atoms with Crippen molar-refractivity contribution in [2.24, 2.45) is 0 Å². The number of nitro groups is 1. The molecule has 0 heterocycles. The highest BCUT2D eigenvalue weighted by Gasteiger charge is 2.34. The Bertz CT molecular complexity index is 1190. The van der Waals surface area contributed by atoms with Gasteiger partial charge >= 0.3 is 0 Å². The van der Waals surface area contributed by atoms with Crippen LogP contribution in [0.4, 0.5) is 17.1 Å². The number of nitrogens with zero attached hydrogens (tertiary/aromatic N) is 1. The lowest BCUT2D eigenvalue weighted by Gasteiger charge is -2.20. The Kier molecular flexibility index (Phi) is 3.82. The fraction of sp³-hybridized carbons (Fsp3) is 0. The Balaban J connectivity index is 1.76. The summed E-state index contributed by atoms with van der Waals surface area (Å²) in [4.78, 5) is 35.9. The zero-order valence-electron chi connectivity index (χ0n) is 14.2. The maximum atomic E-state index is 12.8. The molecule has 4 rings (SSSR count). The molecule has 0 bridgehead atoms. The van der Waals surface area contributed by atoms with Crippen LogP contribution in [0.2, 0.25) is 0 Å². The highest BCUT2D eigenvalue weighted by atomic mass is 16.6. The van der Waals surface area contributed by atoms with Gasteiger partial charge in [-0.25, -0.2) is 0 Å². The fourth-order valence-corrected chi connectivity index (χ4v) is 3.18. The second-order valence-corrected chi connectivity index (χ2v) is 6.20. The lowest BCUT2D eigenvalue weighted by Crippen LogP contribution is -2.21. The van der Waals surface area contributed by atoms with Gasteiger partial charge in [-0.1, -0.05) is 6.07 Å². The summed E-state index contributed by atoms with van der Waals surface area (Å²) in [5.74, 6) is -1.94. The lowest BCUT2D eigenvalue weighted by molar-refractivity contribution is -0.384. The van der Waals surface area contributed by atoms with Gasteiger partial charge in [-0.2, -0.15) is 0 Å². The topological polar surface area (TPSA) is 130 Å². The average Bonchev–Trinajstić information content (AvgIpc) is 2.68. The van der Waals surface area contributed by atoms with Crippen LogP contribution >= 0.6 is 0 Å². The van der Waals surface area contributed by atoms with Gasteiger partial charge in [0, 0.05) is 34.6 Å². The predicted octanol–water partition coefficient (Wildman–Crippen LogP) is 3.53. The first kappa shape index (κ1) is 17.2. The van der Waals surface area contributed by atoms with Gasteiger partial charge in [0.15, 0.2) is 11.6 Å². The van der Waals surface area contributed by atoms with E-state index in [-0.39, 0.29) is 33.7 Å². The van der Waals surface area contributed by atoms with E-state index in [0.717, 1.165) is 12.1 Å². The maximum Gasteiger partial charge on any atom is 0.271 e. The Morgan fingerprint density at radius 3 is 2.04 bits per heavy atom. The van der Waals surface area contributed by atoms with E-state index in [1.165, 1.54) is 30.3 Å². The Labute approximate surface area is 157 Å². The number of aromatic hydroxyl groups is 2. The van der Waals surface area contributed by atoms with Crippen LogP contribution in [-0.2, 0) is 0 Å². The minimum atomic E-state index is -0.597. The number of phenolic OH excluding ortho intramolecular Hbond substituents is 2. The zero-order valence-corrected chi connectivity index (χ0v) is 14.2. The van der Waals surface area contributed by atoms with Gasteiger partial charge in [0.2, 0.25) is 0 Å². The summed E-state index contributed by atoms with van der Waals surface area (Å²) in [5, 5.41) is 33.8. The molecule has 0 spiro atoms. The third-order valence-corrected chi connectivity index (χ3v) is 4.47. The minimum absolute atomic E-state index is 0.0637. The number of ketones is 2. The average molecular weight is 376 g/mol. The number of hydrogen-bond donors (Lipinski definition) is 3. The van der Waals surface area contributed by atoms with Crippen molar-refractivity contribution >= 4 is 28.6 Å². The number of fused-ring (bicyclic) bond motifs is 2. The molecule has 0 atom stereocenters. The molecule has 8 heteroatoms. The molecular formula is C20H12N2O6. The molecule has 0 saturated carbocycles. The van der Waals surface area contributed by atoms with Crippen molar-refractivity contribution in [1.29, 1.82) is 0 Å². The molecule has 0 amide bonds. The standard InChI is InChI=1S/C20H12N2O6/c23-15-6-7-16(24)18-17(15)19(25)13-5-4-11(9-14(13)20(18)26)21-10-2-1-3-12(8-10)22(27)28/h1-9,21,23-24H. The molecule has 138 valence electrons. The van der Waals surface area contributed by atoms with Crippen molar-refractivity contribution in [1.82, 2.24) is 0 Å². The Hall–Kier alpha value is -4.20. The number of nitro benzene ring substituents is 1. The first-order valence-electron chi connectivity index (χ1n) is 8.16. The largest absolute Gasteiger partial charge is 0.507 e. The summed E-state index contributed by atoms with van der Waals surface area (Å²) in [6.45, 7) is 0. The van der Waals surface area contributed by atoms with Crippen LogP contribution in [0.1, 0.15) is 31.8 Å². The summed E-state index contributed by atoms with van der Waals surface area (Å²) in [5.41, 5.74) is 0.468. The first-order chi connectivity index (χ1) is 13.4. The number of carbonyl (C=O) groups excluding carboxylic acids is 2. The van der Waals surface area contributed by atoms with Gasteiger partial charge in [0.25, 0.3) is 5.69 Å². The summed E-state index contributed by atoms with van der Waals surface area (Å²) < 4.78 is 0. The predicted molar refractivity (Wildman–Crippen MR) is 99.5 cm³/mol. The third kappa shape index (κ3) is 2.64. The number of rotatable bonds is 3. The smallest absolute Gasteiger partial charge is 0.271 e. The molecule has 1 aliphatic carbocycles. The summed E-state index contributed by atoms with van der Waals surface area (Å²) >= 11 is 0. The van der Waals surface area contributed by atoms with Crippen LogP contribution in [0.3, 0.4) is 0 Å². The molecular weight excluding hydrogens is 364 g/mol.